The van der Waals surface area contributed by atoms with Gasteiger partial charge in [-0.2, -0.15) is 0 Å². The maximum Gasteiger partial charge on any atom is 0.302 e. The largest absolute Gasteiger partial charge is 0.462 e. The Morgan fingerprint density at radius 2 is 2.00 bits per heavy atom. The lowest BCUT2D eigenvalue weighted by Crippen LogP contribution is -2.35. The second-order valence-electron chi connectivity index (χ2n) is 5.14. The zero-order valence-electron chi connectivity index (χ0n) is 10.5. The van der Waals surface area contributed by atoms with E-state index in [0.717, 1.165) is 19.3 Å². The molecule has 0 fully saturated rings. The molecule has 0 aromatic heterocycles. The van der Waals surface area contributed by atoms with Crippen molar-refractivity contribution in [1.82, 2.24) is 0 Å². The molecule has 0 amide bonds. The van der Waals surface area contributed by atoms with Crippen molar-refractivity contribution in [3.05, 3.63) is 11.1 Å². The number of hydrogen-bond donors (Lipinski definition) is 0. The molecule has 0 bridgehead atoms. The third-order valence-corrected chi connectivity index (χ3v) is 3.79. The van der Waals surface area contributed by atoms with Crippen LogP contribution in [0.1, 0.15) is 53.9 Å². The highest BCUT2D eigenvalue weighted by atomic mass is 16.5. The lowest BCUT2D eigenvalue weighted by atomic mass is 9.70. The molecule has 2 heteroatoms. The van der Waals surface area contributed by atoms with E-state index in [9.17, 15) is 4.79 Å². The van der Waals surface area contributed by atoms with Crippen LogP contribution in [0.3, 0.4) is 0 Å². The van der Waals surface area contributed by atoms with Crippen LogP contribution in [-0.4, -0.2) is 12.1 Å². The monoisotopic (exact) mass is 210 g/mol. The Morgan fingerprint density at radius 3 is 2.47 bits per heavy atom. The van der Waals surface area contributed by atoms with Crippen molar-refractivity contribution in [3.8, 4) is 0 Å². The topological polar surface area (TPSA) is 26.3 Å². The van der Waals surface area contributed by atoms with Crippen LogP contribution >= 0.6 is 0 Å². The first-order valence-electron chi connectivity index (χ1n) is 5.67. The zero-order valence-corrected chi connectivity index (χ0v) is 10.5. The maximum absolute atomic E-state index is 11.0. The SMILES string of the molecule is CC(=O)O[C@@H](C)[C@]1(C)CCC(C)=C(C)C1. The molecule has 2 atom stereocenters. The zero-order chi connectivity index (χ0) is 11.6. The highest BCUT2D eigenvalue weighted by Crippen LogP contribution is 2.42. The number of carbonyl (C=O) groups is 1. The predicted octanol–water partition coefficient (Wildman–Crippen LogP) is 3.46. The molecule has 0 heterocycles. The van der Waals surface area contributed by atoms with Crippen LogP contribution in [-0.2, 0) is 9.53 Å². The Kier molecular flexibility index (Phi) is 3.58. The first-order valence-corrected chi connectivity index (χ1v) is 5.67. The molecule has 86 valence electrons. The van der Waals surface area contributed by atoms with Gasteiger partial charge in [0.2, 0.25) is 0 Å². The van der Waals surface area contributed by atoms with E-state index in [1.54, 1.807) is 0 Å². The number of hydrogen-bond acceptors (Lipinski definition) is 2. The Balaban J connectivity index is 2.73. The lowest BCUT2D eigenvalue weighted by molar-refractivity contribution is -0.152. The van der Waals surface area contributed by atoms with Gasteiger partial charge in [-0.1, -0.05) is 18.1 Å². The predicted molar refractivity (Wildman–Crippen MR) is 61.6 cm³/mol. The fraction of sp³-hybridized carbons (Fsp3) is 0.769. The molecule has 1 rings (SSSR count). The summed E-state index contributed by atoms with van der Waals surface area (Å²) in [5.41, 5.74) is 3.08. The Hall–Kier alpha value is -0.790. The Bertz CT molecular complexity index is 291. The van der Waals surface area contributed by atoms with Crippen LogP contribution < -0.4 is 0 Å². The van der Waals surface area contributed by atoms with Crippen LogP contribution in [0.4, 0.5) is 0 Å². The van der Waals surface area contributed by atoms with E-state index in [1.165, 1.54) is 18.1 Å². The van der Waals surface area contributed by atoms with E-state index in [1.807, 2.05) is 6.92 Å². The van der Waals surface area contributed by atoms with Crippen LogP contribution in [0.25, 0.3) is 0 Å². The molecule has 0 N–H and O–H groups in total. The first kappa shape index (κ1) is 12.3. The van der Waals surface area contributed by atoms with Gasteiger partial charge in [0.1, 0.15) is 6.10 Å². The van der Waals surface area contributed by atoms with Gasteiger partial charge in [-0.15, -0.1) is 0 Å². The molecule has 0 spiro atoms. The quantitative estimate of drug-likeness (QED) is 0.515. The van der Waals surface area contributed by atoms with Crippen LogP contribution in [0, 0.1) is 5.41 Å². The summed E-state index contributed by atoms with van der Waals surface area (Å²) >= 11 is 0. The molecule has 0 radical (unpaired) electrons. The molecule has 0 unspecified atom stereocenters. The minimum atomic E-state index is -0.173. The molecular formula is C13H22O2. The molecule has 0 aromatic rings. The van der Waals surface area contributed by atoms with Gasteiger partial charge in [0.05, 0.1) is 0 Å². The summed E-state index contributed by atoms with van der Waals surface area (Å²) in [6, 6.07) is 0. The van der Waals surface area contributed by atoms with Gasteiger partial charge >= 0.3 is 5.97 Å². The standard InChI is InChI=1S/C13H22O2/c1-9-6-7-13(5,8-10(9)2)11(3)15-12(4)14/h11H,6-8H2,1-5H3/t11-,13+/m0/s1. The summed E-state index contributed by atoms with van der Waals surface area (Å²) in [5, 5.41) is 0. The Labute approximate surface area is 92.7 Å². The number of allylic oxidation sites excluding steroid dienone is 2. The minimum Gasteiger partial charge on any atom is -0.462 e. The molecule has 0 aromatic carbocycles. The second-order valence-corrected chi connectivity index (χ2v) is 5.14. The minimum absolute atomic E-state index is 0.0121. The molecule has 2 nitrogen and oxygen atoms in total. The lowest BCUT2D eigenvalue weighted by Gasteiger charge is -2.39. The van der Waals surface area contributed by atoms with Gasteiger partial charge < -0.3 is 4.74 Å². The number of carbonyl (C=O) groups excluding carboxylic acids is 1. The summed E-state index contributed by atoms with van der Waals surface area (Å²) in [6.07, 6.45) is 3.31. The van der Waals surface area contributed by atoms with Gasteiger partial charge in [0.15, 0.2) is 0 Å². The third-order valence-electron chi connectivity index (χ3n) is 3.79. The molecule has 1 aliphatic rings. The highest BCUT2D eigenvalue weighted by molar-refractivity contribution is 5.66. The smallest absolute Gasteiger partial charge is 0.302 e. The van der Waals surface area contributed by atoms with Crippen molar-refractivity contribution < 1.29 is 9.53 Å². The normalized spacial score (nSPS) is 28.9. The first-order chi connectivity index (χ1) is 6.85. The van der Waals surface area contributed by atoms with Gasteiger partial charge in [-0.05, 0) is 40.0 Å². The summed E-state index contributed by atoms with van der Waals surface area (Å²) in [4.78, 5) is 11.0. The van der Waals surface area contributed by atoms with Crippen molar-refractivity contribution in [2.75, 3.05) is 0 Å². The van der Waals surface area contributed by atoms with Crippen molar-refractivity contribution in [2.45, 2.75) is 60.0 Å². The van der Waals surface area contributed by atoms with Gasteiger partial charge in [0, 0.05) is 12.3 Å². The average Bonchev–Trinajstić information content (AvgIpc) is 2.11. The summed E-state index contributed by atoms with van der Waals surface area (Å²) in [5.74, 6) is -0.173. The van der Waals surface area contributed by atoms with Gasteiger partial charge in [-0.25, -0.2) is 0 Å². The van der Waals surface area contributed by atoms with Crippen molar-refractivity contribution in [1.29, 1.82) is 0 Å². The van der Waals surface area contributed by atoms with E-state index in [4.69, 9.17) is 4.74 Å². The van der Waals surface area contributed by atoms with Crippen molar-refractivity contribution >= 4 is 5.97 Å². The second kappa shape index (κ2) is 4.38. The molecule has 0 saturated heterocycles. The molecule has 0 saturated carbocycles. The van der Waals surface area contributed by atoms with Crippen LogP contribution in [0.5, 0.6) is 0 Å². The fourth-order valence-corrected chi connectivity index (χ4v) is 2.27. The van der Waals surface area contributed by atoms with Crippen LogP contribution in [0.15, 0.2) is 11.1 Å². The molecule has 0 aliphatic heterocycles. The van der Waals surface area contributed by atoms with Crippen molar-refractivity contribution in [2.24, 2.45) is 5.41 Å². The van der Waals surface area contributed by atoms with E-state index >= 15 is 0 Å². The van der Waals surface area contributed by atoms with E-state index in [2.05, 4.69) is 20.8 Å². The Morgan fingerprint density at radius 1 is 1.40 bits per heavy atom. The summed E-state index contributed by atoms with van der Waals surface area (Å²) < 4.78 is 5.31. The summed E-state index contributed by atoms with van der Waals surface area (Å²) in [7, 11) is 0. The van der Waals surface area contributed by atoms with E-state index < -0.39 is 0 Å². The molecule has 1 aliphatic carbocycles. The highest BCUT2D eigenvalue weighted by Gasteiger charge is 2.35. The fourth-order valence-electron chi connectivity index (χ4n) is 2.27. The van der Waals surface area contributed by atoms with Gasteiger partial charge in [-0.3, -0.25) is 4.79 Å². The van der Waals surface area contributed by atoms with Crippen LogP contribution in [0.2, 0.25) is 0 Å². The van der Waals surface area contributed by atoms with Gasteiger partial charge in [0.25, 0.3) is 0 Å². The molecular weight excluding hydrogens is 188 g/mol. The summed E-state index contributed by atoms with van der Waals surface area (Å²) in [6.45, 7) is 10.1. The average molecular weight is 210 g/mol. The van der Waals surface area contributed by atoms with E-state index in [-0.39, 0.29) is 17.5 Å². The molecule has 15 heavy (non-hydrogen) atoms. The number of rotatable bonds is 2. The van der Waals surface area contributed by atoms with E-state index in [0.29, 0.717) is 0 Å². The number of ether oxygens (including phenoxy) is 1. The number of esters is 1. The maximum atomic E-state index is 11.0. The third kappa shape index (κ3) is 2.83. The van der Waals surface area contributed by atoms with Crippen molar-refractivity contribution in [3.63, 3.8) is 0 Å².